The Kier molecular flexibility index (Phi) is 7.14. The van der Waals surface area contributed by atoms with Crippen LogP contribution >= 0.6 is 11.6 Å². The van der Waals surface area contributed by atoms with Crippen LogP contribution in [0.4, 0.5) is 5.69 Å². The summed E-state index contributed by atoms with van der Waals surface area (Å²) in [7, 11) is 1.63. The Bertz CT molecular complexity index is 1640. The Labute approximate surface area is 233 Å². The van der Waals surface area contributed by atoms with Crippen LogP contribution in [0.1, 0.15) is 47.8 Å². The Balaban J connectivity index is 1.61. The van der Waals surface area contributed by atoms with E-state index in [0.717, 1.165) is 5.56 Å². The molecule has 39 heavy (non-hydrogen) atoms. The molecule has 0 N–H and O–H groups in total. The molecule has 0 radical (unpaired) electrons. The molecule has 0 spiro atoms. The molecule has 7 nitrogen and oxygen atoms in total. The van der Waals surface area contributed by atoms with Crippen LogP contribution < -0.4 is 10.5 Å². The molecule has 0 amide bonds. The quantitative estimate of drug-likeness (QED) is 0.350. The highest BCUT2D eigenvalue weighted by Gasteiger charge is 2.37. The first-order valence-corrected chi connectivity index (χ1v) is 13.3. The summed E-state index contributed by atoms with van der Waals surface area (Å²) in [5, 5.41) is 20.3. The third-order valence-electron chi connectivity index (χ3n) is 7.67. The molecule has 3 heterocycles. The topological polar surface area (TPSA) is 89.0 Å². The number of benzene rings is 2. The van der Waals surface area contributed by atoms with Crippen molar-refractivity contribution in [2.75, 3.05) is 18.0 Å². The number of aryl methyl sites for hydroxylation is 2. The molecule has 1 unspecified atom stereocenters. The molecule has 3 atom stereocenters. The fourth-order valence-electron chi connectivity index (χ4n) is 5.63. The molecule has 0 bridgehead atoms. The number of piperazine rings is 1. The molecular formula is C31H29ClN6O. The zero-order valence-electron chi connectivity index (χ0n) is 22.4. The summed E-state index contributed by atoms with van der Waals surface area (Å²) in [5.41, 5.74) is 5.05. The van der Waals surface area contributed by atoms with E-state index in [0.29, 0.717) is 34.8 Å². The average Bonchev–Trinajstić information content (AvgIpc) is 2.94. The van der Waals surface area contributed by atoms with E-state index in [9.17, 15) is 15.3 Å². The lowest BCUT2D eigenvalue weighted by molar-refractivity contribution is 0.130. The monoisotopic (exact) mass is 536 g/mol. The third kappa shape index (κ3) is 4.76. The molecule has 196 valence electrons. The van der Waals surface area contributed by atoms with Gasteiger partial charge in [-0.3, -0.25) is 9.69 Å². The van der Waals surface area contributed by atoms with Gasteiger partial charge in [0.2, 0.25) is 0 Å². The Morgan fingerprint density at radius 3 is 2.18 bits per heavy atom. The van der Waals surface area contributed by atoms with Gasteiger partial charge in [-0.15, -0.1) is 0 Å². The minimum atomic E-state index is -0.368. The lowest BCUT2D eigenvalue weighted by Crippen LogP contribution is -2.58. The van der Waals surface area contributed by atoms with Crippen LogP contribution in [-0.4, -0.2) is 39.6 Å². The molecule has 1 saturated heterocycles. The second kappa shape index (κ2) is 10.5. The lowest BCUT2D eigenvalue weighted by Gasteiger charge is -2.48. The highest BCUT2D eigenvalue weighted by molar-refractivity contribution is 6.30. The number of nitriles is 2. The first kappa shape index (κ1) is 26.4. The van der Waals surface area contributed by atoms with Gasteiger partial charge >= 0.3 is 0 Å². The number of nitrogens with zero attached hydrogens (tertiary/aromatic N) is 6. The summed E-state index contributed by atoms with van der Waals surface area (Å²) in [6.45, 7) is 7.61. The maximum atomic E-state index is 13.2. The van der Waals surface area contributed by atoms with Crippen molar-refractivity contribution in [3.8, 4) is 12.1 Å². The van der Waals surface area contributed by atoms with Gasteiger partial charge in [0.15, 0.2) is 0 Å². The number of hydrogen-bond donors (Lipinski definition) is 0. The van der Waals surface area contributed by atoms with Crippen molar-refractivity contribution in [1.29, 1.82) is 10.5 Å². The zero-order valence-corrected chi connectivity index (χ0v) is 23.1. The van der Waals surface area contributed by atoms with Gasteiger partial charge in [0, 0.05) is 37.2 Å². The van der Waals surface area contributed by atoms with E-state index in [1.54, 1.807) is 19.2 Å². The van der Waals surface area contributed by atoms with Crippen molar-refractivity contribution in [2.24, 2.45) is 7.05 Å². The molecule has 2 aromatic carbocycles. The average molecular weight is 537 g/mol. The van der Waals surface area contributed by atoms with Crippen molar-refractivity contribution in [3.05, 3.63) is 104 Å². The molecule has 5 rings (SSSR count). The van der Waals surface area contributed by atoms with Crippen LogP contribution in [0.2, 0.25) is 5.02 Å². The molecule has 4 aromatic rings. The fraction of sp³-hybridized carbons (Fsp3) is 0.290. The maximum absolute atomic E-state index is 13.2. The molecule has 0 aliphatic carbocycles. The van der Waals surface area contributed by atoms with Gasteiger partial charge in [-0.05, 0) is 56.2 Å². The van der Waals surface area contributed by atoms with E-state index in [2.05, 4.69) is 84.1 Å². The number of rotatable bonds is 4. The van der Waals surface area contributed by atoms with Crippen LogP contribution in [0.25, 0.3) is 11.0 Å². The minimum absolute atomic E-state index is 0.00149. The standard InChI is InChI=1S/C31H29ClN6O/c1-19-5-7-22(8-6-19)29(23-9-11-24(32)12-10-23)37-17-21(3)38(18-20(37)2)30-26(16-34)31(39)36(4)27-14-13-25(15-33)35-28(27)30/h5-14,20-21,29H,17-18H2,1-4H3/t20-,21+,29?/m1/s1. The van der Waals surface area contributed by atoms with Crippen LogP contribution in [0.5, 0.6) is 0 Å². The molecular weight excluding hydrogens is 508 g/mol. The first-order valence-electron chi connectivity index (χ1n) is 12.9. The smallest absolute Gasteiger partial charge is 0.270 e. The number of fused-ring (bicyclic) bond motifs is 1. The van der Waals surface area contributed by atoms with Crippen LogP contribution in [0.15, 0.2) is 65.5 Å². The van der Waals surface area contributed by atoms with Crippen molar-refractivity contribution in [1.82, 2.24) is 14.5 Å². The zero-order chi connectivity index (χ0) is 27.8. The van der Waals surface area contributed by atoms with Gasteiger partial charge in [-0.2, -0.15) is 10.5 Å². The van der Waals surface area contributed by atoms with Gasteiger partial charge in [0.25, 0.3) is 5.56 Å². The van der Waals surface area contributed by atoms with Crippen LogP contribution in [-0.2, 0) is 7.05 Å². The minimum Gasteiger partial charge on any atom is -0.363 e. The van der Waals surface area contributed by atoms with Crippen LogP contribution in [0, 0.1) is 29.6 Å². The van der Waals surface area contributed by atoms with E-state index in [1.165, 1.54) is 15.7 Å². The predicted octanol–water partition coefficient (Wildman–Crippen LogP) is 5.33. The second-order valence-corrected chi connectivity index (χ2v) is 10.7. The highest BCUT2D eigenvalue weighted by Crippen LogP contribution is 2.37. The largest absolute Gasteiger partial charge is 0.363 e. The number of anilines is 1. The van der Waals surface area contributed by atoms with Gasteiger partial charge in [-0.1, -0.05) is 53.6 Å². The SMILES string of the molecule is Cc1ccc(C(c2ccc(Cl)cc2)N2C[C@H](C)N(c3c(C#N)c(=O)n(C)c4ccc(C#N)nc34)C[C@H]2C)cc1. The van der Waals surface area contributed by atoms with Crippen molar-refractivity contribution >= 4 is 28.3 Å². The molecule has 1 aliphatic heterocycles. The summed E-state index contributed by atoms with van der Waals surface area (Å²) < 4.78 is 1.43. The van der Waals surface area contributed by atoms with Crippen molar-refractivity contribution in [2.45, 2.75) is 38.9 Å². The van der Waals surface area contributed by atoms with E-state index in [4.69, 9.17) is 11.6 Å². The van der Waals surface area contributed by atoms with E-state index in [1.807, 2.05) is 12.1 Å². The first-order chi connectivity index (χ1) is 18.7. The molecule has 8 heteroatoms. The summed E-state index contributed by atoms with van der Waals surface area (Å²) in [4.78, 5) is 22.4. The van der Waals surface area contributed by atoms with Gasteiger partial charge in [-0.25, -0.2) is 4.98 Å². The normalized spacial score (nSPS) is 18.5. The maximum Gasteiger partial charge on any atom is 0.270 e. The summed E-state index contributed by atoms with van der Waals surface area (Å²) in [6.07, 6.45) is 0. The highest BCUT2D eigenvalue weighted by atomic mass is 35.5. The van der Waals surface area contributed by atoms with Crippen molar-refractivity contribution in [3.63, 3.8) is 0 Å². The second-order valence-electron chi connectivity index (χ2n) is 10.3. The van der Waals surface area contributed by atoms with E-state index in [-0.39, 0.29) is 34.9 Å². The molecule has 2 aromatic heterocycles. The predicted molar refractivity (Wildman–Crippen MR) is 154 cm³/mol. The number of halogens is 1. The third-order valence-corrected chi connectivity index (χ3v) is 7.93. The fourth-order valence-corrected chi connectivity index (χ4v) is 5.76. The molecule has 0 saturated carbocycles. The van der Waals surface area contributed by atoms with Crippen LogP contribution in [0.3, 0.4) is 0 Å². The summed E-state index contributed by atoms with van der Waals surface area (Å²) >= 11 is 6.23. The lowest BCUT2D eigenvalue weighted by atomic mass is 9.92. The Morgan fingerprint density at radius 1 is 0.923 bits per heavy atom. The summed E-state index contributed by atoms with van der Waals surface area (Å²) in [6, 6.07) is 24.2. The molecule has 1 aliphatic rings. The van der Waals surface area contributed by atoms with Gasteiger partial charge in [0.05, 0.1) is 17.2 Å². The summed E-state index contributed by atoms with van der Waals surface area (Å²) in [5.74, 6) is 0. The van der Waals surface area contributed by atoms with Crippen molar-refractivity contribution < 1.29 is 0 Å². The van der Waals surface area contributed by atoms with Gasteiger partial charge < -0.3 is 9.47 Å². The van der Waals surface area contributed by atoms with E-state index >= 15 is 0 Å². The number of hydrogen-bond acceptors (Lipinski definition) is 6. The Hall–Kier alpha value is -4.17. The number of pyridine rings is 2. The van der Waals surface area contributed by atoms with E-state index < -0.39 is 0 Å². The molecule has 1 fully saturated rings. The number of aromatic nitrogens is 2. The van der Waals surface area contributed by atoms with Gasteiger partial charge in [0.1, 0.15) is 28.9 Å². The Morgan fingerprint density at radius 2 is 1.56 bits per heavy atom.